The molecule has 99 valence electrons. The highest BCUT2D eigenvalue weighted by atomic mass is 14.2. The standard InChI is InChI=1S/C20H19/c1-2-16(17-9-4-3-5-10-17)15-19-13-8-12-18-11-6-7-14-20(18)19/h3-14,16H,1-2,15H2. The van der Waals surface area contributed by atoms with Crippen molar-refractivity contribution in [2.75, 3.05) is 0 Å². The van der Waals surface area contributed by atoms with Crippen LogP contribution in [0.5, 0.6) is 0 Å². The fourth-order valence-corrected chi connectivity index (χ4v) is 2.85. The van der Waals surface area contributed by atoms with Crippen LogP contribution in [0.4, 0.5) is 0 Å². The Morgan fingerprint density at radius 3 is 2.25 bits per heavy atom. The summed E-state index contributed by atoms with van der Waals surface area (Å²) in [5.41, 5.74) is 2.80. The zero-order valence-electron chi connectivity index (χ0n) is 11.6. The van der Waals surface area contributed by atoms with E-state index in [4.69, 9.17) is 0 Å². The van der Waals surface area contributed by atoms with Crippen LogP contribution in [0.1, 0.15) is 23.5 Å². The molecule has 0 heterocycles. The van der Waals surface area contributed by atoms with Gasteiger partial charge in [-0.3, -0.25) is 0 Å². The van der Waals surface area contributed by atoms with Crippen LogP contribution in [0.3, 0.4) is 0 Å². The van der Waals surface area contributed by atoms with Crippen LogP contribution >= 0.6 is 0 Å². The van der Waals surface area contributed by atoms with Crippen molar-refractivity contribution < 1.29 is 0 Å². The molecular weight excluding hydrogens is 240 g/mol. The van der Waals surface area contributed by atoms with E-state index in [1.54, 1.807) is 0 Å². The van der Waals surface area contributed by atoms with Crippen LogP contribution in [0.15, 0.2) is 72.8 Å². The fraction of sp³-hybridized carbons (Fsp3) is 0.150. The van der Waals surface area contributed by atoms with E-state index in [1.807, 2.05) is 0 Å². The Morgan fingerprint density at radius 1 is 0.750 bits per heavy atom. The Hall–Kier alpha value is -2.08. The summed E-state index contributed by atoms with van der Waals surface area (Å²) in [4.78, 5) is 0. The van der Waals surface area contributed by atoms with Crippen LogP contribution in [-0.2, 0) is 6.42 Å². The van der Waals surface area contributed by atoms with Crippen LogP contribution in [-0.4, -0.2) is 0 Å². The summed E-state index contributed by atoms with van der Waals surface area (Å²) in [5.74, 6) is 0.488. The molecule has 3 rings (SSSR count). The van der Waals surface area contributed by atoms with Crippen molar-refractivity contribution in [1.82, 2.24) is 0 Å². The third-order valence-corrected chi connectivity index (χ3v) is 3.97. The van der Waals surface area contributed by atoms with Crippen molar-refractivity contribution in [3.05, 3.63) is 90.8 Å². The molecule has 0 aliphatic carbocycles. The molecule has 3 aromatic rings. The van der Waals surface area contributed by atoms with Gasteiger partial charge < -0.3 is 0 Å². The van der Waals surface area contributed by atoms with Crippen molar-refractivity contribution in [3.8, 4) is 0 Å². The molecule has 0 aliphatic heterocycles. The van der Waals surface area contributed by atoms with Crippen LogP contribution in [0, 0.1) is 6.92 Å². The van der Waals surface area contributed by atoms with E-state index in [-0.39, 0.29) is 0 Å². The molecule has 0 fully saturated rings. The average molecular weight is 259 g/mol. The lowest BCUT2D eigenvalue weighted by atomic mass is 9.88. The van der Waals surface area contributed by atoms with Crippen LogP contribution in [0.25, 0.3) is 10.8 Å². The summed E-state index contributed by atoms with van der Waals surface area (Å²) in [6.45, 7) is 4.14. The summed E-state index contributed by atoms with van der Waals surface area (Å²) in [6.07, 6.45) is 1.97. The molecule has 0 aromatic heterocycles. The second-order valence-electron chi connectivity index (χ2n) is 5.24. The molecule has 0 heteroatoms. The molecule has 0 spiro atoms. The van der Waals surface area contributed by atoms with E-state index in [1.165, 1.54) is 21.9 Å². The number of hydrogen-bond donors (Lipinski definition) is 0. The zero-order valence-corrected chi connectivity index (χ0v) is 11.6. The summed E-state index contributed by atoms with van der Waals surface area (Å²) in [5, 5.41) is 2.69. The van der Waals surface area contributed by atoms with Gasteiger partial charge >= 0.3 is 0 Å². The molecule has 0 saturated heterocycles. The topological polar surface area (TPSA) is 0 Å². The molecule has 1 radical (unpaired) electrons. The van der Waals surface area contributed by atoms with E-state index in [0.29, 0.717) is 5.92 Å². The number of rotatable bonds is 4. The first-order chi connectivity index (χ1) is 9.88. The Bertz CT molecular complexity index is 677. The summed E-state index contributed by atoms with van der Waals surface area (Å²) in [7, 11) is 0. The summed E-state index contributed by atoms with van der Waals surface area (Å²) in [6, 6.07) is 25.9. The van der Waals surface area contributed by atoms with Gasteiger partial charge in [0.15, 0.2) is 0 Å². The molecule has 0 aliphatic rings. The highest BCUT2D eigenvalue weighted by Crippen LogP contribution is 2.27. The van der Waals surface area contributed by atoms with Gasteiger partial charge in [-0.1, -0.05) is 79.7 Å². The largest absolute Gasteiger partial charge is 0.0622 e. The van der Waals surface area contributed by atoms with Crippen molar-refractivity contribution in [1.29, 1.82) is 0 Å². The van der Waals surface area contributed by atoms with E-state index in [2.05, 4.69) is 79.7 Å². The molecule has 0 N–H and O–H groups in total. The van der Waals surface area contributed by atoms with Crippen molar-refractivity contribution in [2.45, 2.75) is 18.8 Å². The van der Waals surface area contributed by atoms with Crippen molar-refractivity contribution in [3.63, 3.8) is 0 Å². The molecular formula is C20H19. The molecule has 20 heavy (non-hydrogen) atoms. The van der Waals surface area contributed by atoms with Gasteiger partial charge in [0, 0.05) is 0 Å². The lowest BCUT2D eigenvalue weighted by molar-refractivity contribution is 0.696. The lowest BCUT2D eigenvalue weighted by Gasteiger charge is -2.16. The van der Waals surface area contributed by atoms with Crippen LogP contribution < -0.4 is 0 Å². The lowest BCUT2D eigenvalue weighted by Crippen LogP contribution is -2.02. The second kappa shape index (κ2) is 5.92. The maximum Gasteiger partial charge on any atom is -0.0121 e. The van der Waals surface area contributed by atoms with Gasteiger partial charge in [-0.15, -0.1) is 0 Å². The van der Waals surface area contributed by atoms with Gasteiger partial charge in [-0.05, 0) is 40.7 Å². The smallest absolute Gasteiger partial charge is 0.0121 e. The van der Waals surface area contributed by atoms with Gasteiger partial charge in [-0.2, -0.15) is 0 Å². The minimum atomic E-state index is 0.488. The van der Waals surface area contributed by atoms with Gasteiger partial charge in [0.05, 0.1) is 0 Å². The van der Waals surface area contributed by atoms with E-state index in [9.17, 15) is 0 Å². The normalized spacial score (nSPS) is 12.4. The molecule has 0 amide bonds. The number of fused-ring (bicyclic) bond motifs is 1. The second-order valence-corrected chi connectivity index (χ2v) is 5.24. The maximum atomic E-state index is 4.14. The van der Waals surface area contributed by atoms with Gasteiger partial charge in [-0.25, -0.2) is 0 Å². The Kier molecular flexibility index (Phi) is 3.83. The minimum Gasteiger partial charge on any atom is -0.0622 e. The molecule has 0 nitrogen and oxygen atoms in total. The highest BCUT2D eigenvalue weighted by molar-refractivity contribution is 5.85. The monoisotopic (exact) mass is 259 g/mol. The number of benzene rings is 3. The predicted octanol–water partition coefficient (Wildman–Crippen LogP) is 5.39. The Morgan fingerprint density at radius 2 is 1.45 bits per heavy atom. The van der Waals surface area contributed by atoms with Gasteiger partial charge in [0.25, 0.3) is 0 Å². The van der Waals surface area contributed by atoms with Crippen LogP contribution in [0.2, 0.25) is 0 Å². The maximum absolute atomic E-state index is 4.14. The van der Waals surface area contributed by atoms with E-state index >= 15 is 0 Å². The summed E-state index contributed by atoms with van der Waals surface area (Å²) < 4.78 is 0. The van der Waals surface area contributed by atoms with E-state index < -0.39 is 0 Å². The van der Waals surface area contributed by atoms with E-state index in [0.717, 1.165) is 12.8 Å². The van der Waals surface area contributed by atoms with Gasteiger partial charge in [0.2, 0.25) is 0 Å². The molecule has 1 unspecified atom stereocenters. The van der Waals surface area contributed by atoms with Crippen molar-refractivity contribution >= 4 is 10.8 Å². The van der Waals surface area contributed by atoms with Crippen molar-refractivity contribution in [2.24, 2.45) is 0 Å². The molecule has 0 saturated carbocycles. The molecule has 0 bridgehead atoms. The zero-order chi connectivity index (χ0) is 13.8. The minimum absolute atomic E-state index is 0.488. The molecule has 3 aromatic carbocycles. The van der Waals surface area contributed by atoms with Gasteiger partial charge in [0.1, 0.15) is 0 Å². The highest BCUT2D eigenvalue weighted by Gasteiger charge is 2.11. The molecule has 1 atom stereocenters. The first kappa shape index (κ1) is 12.9. The quantitative estimate of drug-likeness (QED) is 0.589. The fourth-order valence-electron chi connectivity index (χ4n) is 2.85. The summed E-state index contributed by atoms with van der Waals surface area (Å²) >= 11 is 0. The third kappa shape index (κ3) is 2.60. The Balaban J connectivity index is 1.96. The first-order valence-corrected chi connectivity index (χ1v) is 7.19. The average Bonchev–Trinajstić information content (AvgIpc) is 2.53. The number of hydrogen-bond acceptors (Lipinski definition) is 0. The SMILES string of the molecule is [CH2]CC(Cc1cccc2ccccc12)c1ccccc1. The predicted molar refractivity (Wildman–Crippen MR) is 86.8 cm³/mol. The Labute approximate surface area is 121 Å². The third-order valence-electron chi connectivity index (χ3n) is 3.97. The first-order valence-electron chi connectivity index (χ1n) is 7.19.